The lowest BCUT2D eigenvalue weighted by Gasteiger charge is -2.08. The van der Waals surface area contributed by atoms with Crippen LogP contribution >= 0.6 is 11.3 Å². The number of aryl methyl sites for hydroxylation is 2. The van der Waals surface area contributed by atoms with E-state index in [-0.39, 0.29) is 23.6 Å². The number of thiophene rings is 1. The number of nitro benzene ring substituents is 1. The summed E-state index contributed by atoms with van der Waals surface area (Å²) in [7, 11) is 1.63. The molecule has 0 bridgehead atoms. The zero-order chi connectivity index (χ0) is 18.4. The molecule has 0 amide bonds. The minimum Gasteiger partial charge on any atom is -0.479 e. The molecule has 0 aliphatic rings. The Morgan fingerprint density at radius 1 is 1.31 bits per heavy atom. The predicted molar refractivity (Wildman–Crippen MR) is 95.8 cm³/mol. The molecule has 0 spiro atoms. The molecular formula is C16H13N5O4S. The summed E-state index contributed by atoms with van der Waals surface area (Å²) in [6, 6.07) is 6.49. The number of aromatic nitrogens is 4. The fourth-order valence-corrected chi connectivity index (χ4v) is 3.63. The number of ether oxygens (including phenoxy) is 1. The van der Waals surface area contributed by atoms with Gasteiger partial charge in [-0.05, 0) is 30.0 Å². The summed E-state index contributed by atoms with van der Waals surface area (Å²) in [5, 5.41) is 21.2. The van der Waals surface area contributed by atoms with Crippen LogP contribution in [0.5, 0.6) is 5.75 Å². The first kappa shape index (κ1) is 16.2. The molecule has 3 heterocycles. The zero-order valence-corrected chi connectivity index (χ0v) is 14.7. The van der Waals surface area contributed by atoms with E-state index in [9.17, 15) is 14.9 Å². The van der Waals surface area contributed by atoms with Crippen molar-refractivity contribution in [3.05, 3.63) is 61.5 Å². The van der Waals surface area contributed by atoms with Gasteiger partial charge in [0.05, 0.1) is 10.4 Å². The molecule has 4 rings (SSSR count). The van der Waals surface area contributed by atoms with E-state index in [1.807, 2.05) is 18.4 Å². The summed E-state index contributed by atoms with van der Waals surface area (Å²) in [5.41, 5.74) is 1.28. The maximum atomic E-state index is 12.3. The van der Waals surface area contributed by atoms with Gasteiger partial charge in [-0.15, -0.1) is 21.5 Å². The number of nitrogens with zero attached hydrogens (tertiary/aromatic N) is 5. The van der Waals surface area contributed by atoms with Gasteiger partial charge in [0, 0.05) is 13.1 Å². The molecule has 1 aromatic carbocycles. The molecule has 0 aliphatic heterocycles. The Labute approximate surface area is 150 Å². The second-order valence-corrected chi connectivity index (χ2v) is 6.68. The number of nitro groups is 1. The third-order valence-corrected chi connectivity index (χ3v) is 4.96. The normalized spacial score (nSPS) is 11.3. The first-order valence-electron chi connectivity index (χ1n) is 7.65. The van der Waals surface area contributed by atoms with Crippen LogP contribution in [0.1, 0.15) is 11.4 Å². The van der Waals surface area contributed by atoms with E-state index in [2.05, 4.69) is 10.2 Å². The van der Waals surface area contributed by atoms with Crippen LogP contribution in [0.2, 0.25) is 0 Å². The van der Waals surface area contributed by atoms with Crippen molar-refractivity contribution in [1.29, 1.82) is 0 Å². The van der Waals surface area contributed by atoms with E-state index in [0.717, 1.165) is 5.56 Å². The van der Waals surface area contributed by atoms with Crippen LogP contribution in [0.15, 0.2) is 34.4 Å². The minimum atomic E-state index is -0.489. The predicted octanol–water partition coefficient (Wildman–Crippen LogP) is 2.44. The fourth-order valence-electron chi connectivity index (χ4n) is 2.78. The van der Waals surface area contributed by atoms with Gasteiger partial charge in [-0.3, -0.25) is 23.9 Å². The Balaban J connectivity index is 1.79. The van der Waals surface area contributed by atoms with Gasteiger partial charge in [0.15, 0.2) is 11.6 Å². The number of hydrogen-bond donors (Lipinski definition) is 0. The average molecular weight is 371 g/mol. The quantitative estimate of drug-likeness (QED) is 0.403. The smallest absolute Gasteiger partial charge is 0.310 e. The van der Waals surface area contributed by atoms with Gasteiger partial charge in [-0.2, -0.15) is 0 Å². The molecule has 0 fully saturated rings. The van der Waals surface area contributed by atoms with Gasteiger partial charge in [-0.25, -0.2) is 0 Å². The van der Waals surface area contributed by atoms with Crippen LogP contribution in [0.25, 0.3) is 16.0 Å². The van der Waals surface area contributed by atoms with Crippen molar-refractivity contribution in [2.75, 3.05) is 0 Å². The van der Waals surface area contributed by atoms with Crippen molar-refractivity contribution in [1.82, 2.24) is 19.2 Å². The molecule has 0 saturated heterocycles. The molecule has 10 heteroatoms. The van der Waals surface area contributed by atoms with E-state index in [4.69, 9.17) is 4.74 Å². The van der Waals surface area contributed by atoms with Crippen molar-refractivity contribution >= 4 is 33.0 Å². The third-order valence-electron chi connectivity index (χ3n) is 4.07. The molecule has 132 valence electrons. The molecule has 0 aliphatic carbocycles. The van der Waals surface area contributed by atoms with E-state index in [1.54, 1.807) is 23.6 Å². The molecule has 9 nitrogen and oxygen atoms in total. The summed E-state index contributed by atoms with van der Waals surface area (Å²) >= 11 is 1.34. The minimum absolute atomic E-state index is 0.0192. The largest absolute Gasteiger partial charge is 0.479 e. The molecule has 0 saturated carbocycles. The highest BCUT2D eigenvalue weighted by Crippen LogP contribution is 2.28. The lowest BCUT2D eigenvalue weighted by atomic mass is 10.2. The lowest BCUT2D eigenvalue weighted by molar-refractivity contribution is -0.386. The zero-order valence-electron chi connectivity index (χ0n) is 13.9. The van der Waals surface area contributed by atoms with Crippen molar-refractivity contribution in [3.63, 3.8) is 0 Å². The van der Waals surface area contributed by atoms with Gasteiger partial charge >= 0.3 is 5.69 Å². The van der Waals surface area contributed by atoms with E-state index >= 15 is 0 Å². The van der Waals surface area contributed by atoms with Crippen molar-refractivity contribution in [2.24, 2.45) is 7.05 Å². The Morgan fingerprint density at radius 3 is 2.88 bits per heavy atom. The molecule has 0 atom stereocenters. The lowest BCUT2D eigenvalue weighted by Crippen LogP contribution is -2.19. The molecular weight excluding hydrogens is 358 g/mol. The van der Waals surface area contributed by atoms with Crippen LogP contribution in [0.4, 0.5) is 5.69 Å². The Kier molecular flexibility index (Phi) is 3.69. The van der Waals surface area contributed by atoms with Crippen LogP contribution in [-0.2, 0) is 13.7 Å². The molecule has 0 radical (unpaired) electrons. The maximum absolute atomic E-state index is 12.3. The fraction of sp³-hybridized carbons (Fsp3) is 0.188. The first-order valence-corrected chi connectivity index (χ1v) is 8.53. The number of fused-ring (bicyclic) bond motifs is 3. The van der Waals surface area contributed by atoms with Gasteiger partial charge in [0.2, 0.25) is 5.78 Å². The van der Waals surface area contributed by atoms with Crippen molar-refractivity contribution < 1.29 is 9.66 Å². The average Bonchev–Trinajstić information content (AvgIpc) is 3.24. The highest BCUT2D eigenvalue weighted by molar-refractivity contribution is 7.17. The summed E-state index contributed by atoms with van der Waals surface area (Å²) < 4.78 is 9.42. The standard InChI is InChI=1S/C16H13N5O4S/c1-9-3-4-10(21(23)24)12(7-9)25-8-13-17-18-16-19(2)15(22)14-11(20(13)16)5-6-26-14/h3-7H,8H2,1-2H3. The first-order chi connectivity index (χ1) is 12.5. The Hall–Kier alpha value is -3.27. The number of rotatable bonds is 4. The maximum Gasteiger partial charge on any atom is 0.310 e. The molecule has 0 unspecified atom stereocenters. The second-order valence-electron chi connectivity index (χ2n) is 5.77. The number of benzene rings is 1. The van der Waals surface area contributed by atoms with Crippen LogP contribution < -0.4 is 10.3 Å². The molecule has 3 aromatic heterocycles. The van der Waals surface area contributed by atoms with Gasteiger partial charge < -0.3 is 4.74 Å². The van der Waals surface area contributed by atoms with E-state index in [1.165, 1.54) is 22.0 Å². The molecule has 0 N–H and O–H groups in total. The van der Waals surface area contributed by atoms with Gasteiger partial charge in [-0.1, -0.05) is 6.07 Å². The summed E-state index contributed by atoms with van der Waals surface area (Å²) in [6.07, 6.45) is 0. The summed E-state index contributed by atoms with van der Waals surface area (Å²) in [5.74, 6) is 1.01. The van der Waals surface area contributed by atoms with E-state index < -0.39 is 4.92 Å². The Bertz CT molecular complexity index is 1220. The van der Waals surface area contributed by atoms with Crippen LogP contribution in [0.3, 0.4) is 0 Å². The monoisotopic (exact) mass is 371 g/mol. The summed E-state index contributed by atoms with van der Waals surface area (Å²) in [6.45, 7) is 1.81. The van der Waals surface area contributed by atoms with Crippen LogP contribution in [0, 0.1) is 17.0 Å². The van der Waals surface area contributed by atoms with Crippen molar-refractivity contribution in [2.45, 2.75) is 13.5 Å². The third kappa shape index (κ3) is 2.42. The topological polar surface area (TPSA) is 105 Å². The van der Waals surface area contributed by atoms with Gasteiger partial charge in [0.25, 0.3) is 5.56 Å². The van der Waals surface area contributed by atoms with E-state index in [0.29, 0.717) is 21.8 Å². The Morgan fingerprint density at radius 2 is 2.12 bits per heavy atom. The van der Waals surface area contributed by atoms with Crippen LogP contribution in [-0.4, -0.2) is 24.1 Å². The van der Waals surface area contributed by atoms with Gasteiger partial charge in [0.1, 0.15) is 11.3 Å². The highest BCUT2D eigenvalue weighted by Gasteiger charge is 2.19. The molecule has 4 aromatic rings. The molecule has 26 heavy (non-hydrogen) atoms. The summed E-state index contributed by atoms with van der Waals surface area (Å²) in [4.78, 5) is 23.0. The van der Waals surface area contributed by atoms with Crippen molar-refractivity contribution in [3.8, 4) is 5.75 Å². The second kappa shape index (κ2) is 5.92. The number of hydrogen-bond acceptors (Lipinski definition) is 7. The highest BCUT2D eigenvalue weighted by atomic mass is 32.1. The SMILES string of the molecule is Cc1ccc([N+](=O)[O-])c(OCc2nnc3n(C)c(=O)c4sccc4n23)c1.